The van der Waals surface area contributed by atoms with Crippen LogP contribution in [0.3, 0.4) is 0 Å². The predicted molar refractivity (Wildman–Crippen MR) is 85.1 cm³/mol. The van der Waals surface area contributed by atoms with Crippen LogP contribution in [0, 0.1) is 0 Å². The number of rotatable bonds is 9. The number of Topliss-reactive ketones (excluding diaryl/α,β-unsaturated/α-hetero) is 1. The molecule has 0 aliphatic carbocycles. The highest BCUT2D eigenvalue weighted by molar-refractivity contribution is 5.83. The van der Waals surface area contributed by atoms with Crippen molar-refractivity contribution >= 4 is 5.78 Å². The van der Waals surface area contributed by atoms with Gasteiger partial charge in [0, 0.05) is 19.1 Å². The van der Waals surface area contributed by atoms with Crippen molar-refractivity contribution in [3.05, 3.63) is 24.3 Å². The summed E-state index contributed by atoms with van der Waals surface area (Å²) in [4.78, 5) is 16.8. The Morgan fingerprint density at radius 3 is 2.45 bits per heavy atom. The highest BCUT2D eigenvalue weighted by Crippen LogP contribution is 2.20. The molecular weight excluding hydrogens is 286 g/mol. The van der Waals surface area contributed by atoms with Crippen molar-refractivity contribution < 1.29 is 24.2 Å². The lowest BCUT2D eigenvalue weighted by molar-refractivity contribution is -0.126. The Balaban J connectivity index is 0.00000135. The molecule has 6 nitrogen and oxygen atoms in total. The molecule has 0 bridgehead atoms. The zero-order chi connectivity index (χ0) is 16.8. The van der Waals surface area contributed by atoms with Gasteiger partial charge in [0.1, 0.15) is 11.5 Å². The molecule has 1 aromatic carbocycles. The zero-order valence-corrected chi connectivity index (χ0v) is 13.8. The Morgan fingerprint density at radius 1 is 1.27 bits per heavy atom. The topological polar surface area (TPSA) is 77.0 Å². The first kappa shape index (κ1) is 20.4. The second-order valence-corrected chi connectivity index (χ2v) is 4.20. The Bertz CT molecular complexity index is 411. The van der Waals surface area contributed by atoms with Gasteiger partial charge in [0.05, 0.1) is 20.3 Å². The maximum absolute atomic E-state index is 11.8. The van der Waals surface area contributed by atoms with Crippen LogP contribution in [0.5, 0.6) is 11.5 Å². The van der Waals surface area contributed by atoms with Crippen LogP contribution in [-0.4, -0.2) is 43.9 Å². The number of aliphatic hydroxyl groups excluding tert-OH is 1. The summed E-state index contributed by atoms with van der Waals surface area (Å²) >= 11 is 0. The van der Waals surface area contributed by atoms with Gasteiger partial charge in [0.2, 0.25) is 0 Å². The van der Waals surface area contributed by atoms with Gasteiger partial charge in [0.15, 0.2) is 11.9 Å². The van der Waals surface area contributed by atoms with Crippen molar-refractivity contribution in [3.63, 3.8) is 0 Å². The van der Waals surface area contributed by atoms with Gasteiger partial charge in [-0.2, -0.15) is 5.48 Å². The average Bonchev–Trinajstić information content (AvgIpc) is 2.54. The van der Waals surface area contributed by atoms with E-state index in [1.165, 1.54) is 0 Å². The molecule has 0 fully saturated rings. The molecule has 0 aliphatic heterocycles. The number of hydroxylamine groups is 1. The fourth-order valence-corrected chi connectivity index (χ4v) is 1.52. The van der Waals surface area contributed by atoms with Gasteiger partial charge in [-0.3, -0.25) is 4.79 Å². The number of aliphatic hydroxyl groups is 1. The second kappa shape index (κ2) is 13.1. The fraction of sp³-hybridized carbons (Fsp3) is 0.562. The normalized spacial score (nSPS) is 11.1. The Labute approximate surface area is 132 Å². The van der Waals surface area contributed by atoms with Gasteiger partial charge in [-0.15, -0.1) is 0 Å². The van der Waals surface area contributed by atoms with Crippen molar-refractivity contribution in [3.8, 4) is 11.5 Å². The summed E-state index contributed by atoms with van der Waals surface area (Å²) < 4.78 is 10.8. The molecule has 1 unspecified atom stereocenters. The van der Waals surface area contributed by atoms with E-state index in [4.69, 9.17) is 19.4 Å². The highest BCUT2D eigenvalue weighted by Gasteiger charge is 2.18. The van der Waals surface area contributed by atoms with Crippen LogP contribution in [0.2, 0.25) is 0 Å². The quantitative estimate of drug-likeness (QED) is 0.536. The number of ether oxygens (including phenoxy) is 2. The molecule has 6 heteroatoms. The summed E-state index contributed by atoms with van der Waals surface area (Å²) in [6.07, 6.45) is -0.147. The number of methoxy groups -OCH3 is 1. The smallest absolute Gasteiger partial charge is 0.174 e. The molecule has 2 N–H and O–H groups in total. The van der Waals surface area contributed by atoms with E-state index >= 15 is 0 Å². The van der Waals surface area contributed by atoms with Crippen LogP contribution in [0.4, 0.5) is 0 Å². The van der Waals surface area contributed by atoms with E-state index in [2.05, 4.69) is 5.48 Å². The lowest BCUT2D eigenvalue weighted by Crippen LogP contribution is -2.37. The third-order valence-electron chi connectivity index (χ3n) is 2.54. The number of hydrogen-bond acceptors (Lipinski definition) is 6. The molecule has 1 rings (SSSR count). The van der Waals surface area contributed by atoms with Crippen LogP contribution >= 0.6 is 0 Å². The number of benzene rings is 1. The minimum atomic E-state index is -0.566. The van der Waals surface area contributed by atoms with Crippen molar-refractivity contribution in [2.75, 3.05) is 26.9 Å². The van der Waals surface area contributed by atoms with Crippen LogP contribution in [0.15, 0.2) is 24.3 Å². The lowest BCUT2D eigenvalue weighted by atomic mass is 10.2. The Hall–Kier alpha value is -1.63. The second-order valence-electron chi connectivity index (χ2n) is 4.20. The average molecular weight is 313 g/mol. The van der Waals surface area contributed by atoms with Gasteiger partial charge >= 0.3 is 0 Å². The molecule has 22 heavy (non-hydrogen) atoms. The van der Waals surface area contributed by atoms with Crippen LogP contribution in [-0.2, 0) is 9.63 Å². The van der Waals surface area contributed by atoms with Gasteiger partial charge in [0.25, 0.3) is 0 Å². The fourth-order valence-electron chi connectivity index (χ4n) is 1.52. The predicted octanol–water partition coefficient (Wildman–Crippen LogP) is 1.96. The van der Waals surface area contributed by atoms with E-state index in [1.54, 1.807) is 26.2 Å². The summed E-state index contributed by atoms with van der Waals surface area (Å²) in [5.41, 5.74) is 2.72. The van der Waals surface area contributed by atoms with Gasteiger partial charge in [-0.1, -0.05) is 13.0 Å². The number of carbonyl (C=O) groups is 1. The molecule has 0 spiro atoms. The van der Waals surface area contributed by atoms with E-state index in [9.17, 15) is 4.79 Å². The van der Waals surface area contributed by atoms with Crippen molar-refractivity contribution in [2.24, 2.45) is 0 Å². The number of carbonyl (C=O) groups excluding carboxylic acids is 1. The Morgan fingerprint density at radius 2 is 1.91 bits per heavy atom. The highest BCUT2D eigenvalue weighted by atomic mass is 16.6. The minimum absolute atomic E-state index is 0.0232. The molecule has 0 amide bonds. The van der Waals surface area contributed by atoms with E-state index < -0.39 is 6.10 Å². The van der Waals surface area contributed by atoms with E-state index in [0.717, 1.165) is 0 Å². The monoisotopic (exact) mass is 313 g/mol. The summed E-state index contributed by atoms with van der Waals surface area (Å²) in [6.45, 7) is 6.46. The van der Waals surface area contributed by atoms with Gasteiger partial charge < -0.3 is 19.4 Å². The SMILES string of the molecule is CCO.CCONCC(Oc1cccc(OC)c1)C(=O)CC. The van der Waals surface area contributed by atoms with Crippen LogP contribution in [0.1, 0.15) is 27.2 Å². The van der Waals surface area contributed by atoms with E-state index in [1.807, 2.05) is 26.0 Å². The van der Waals surface area contributed by atoms with Crippen molar-refractivity contribution in [2.45, 2.75) is 33.3 Å². The molecule has 0 radical (unpaired) electrons. The third kappa shape index (κ3) is 8.61. The van der Waals surface area contributed by atoms with Gasteiger partial charge in [-0.05, 0) is 26.0 Å². The summed E-state index contributed by atoms with van der Waals surface area (Å²) in [6, 6.07) is 7.18. The number of ketones is 1. The van der Waals surface area contributed by atoms with Crippen molar-refractivity contribution in [1.29, 1.82) is 0 Å². The molecule has 126 valence electrons. The maximum atomic E-state index is 11.8. The number of hydrogen-bond donors (Lipinski definition) is 2. The molecular formula is C16H27NO5. The lowest BCUT2D eigenvalue weighted by Gasteiger charge is -2.18. The molecule has 0 heterocycles. The zero-order valence-electron chi connectivity index (χ0n) is 13.8. The standard InChI is InChI=1S/C14H21NO4.C2H6O/c1-4-13(16)14(10-15-18-5-2)19-12-8-6-7-11(9-12)17-3;1-2-3/h6-9,14-15H,4-5,10H2,1-3H3;3H,2H2,1H3. The first-order valence-corrected chi connectivity index (χ1v) is 7.41. The molecule has 0 saturated heterocycles. The van der Waals surface area contributed by atoms with E-state index in [-0.39, 0.29) is 12.4 Å². The molecule has 1 atom stereocenters. The molecule has 1 aromatic rings. The molecule has 0 aromatic heterocycles. The molecule has 0 aliphatic rings. The first-order chi connectivity index (χ1) is 10.6. The first-order valence-electron chi connectivity index (χ1n) is 7.41. The van der Waals surface area contributed by atoms with Crippen LogP contribution < -0.4 is 15.0 Å². The minimum Gasteiger partial charge on any atom is -0.497 e. The summed E-state index contributed by atoms with van der Waals surface area (Å²) in [5, 5.41) is 7.57. The maximum Gasteiger partial charge on any atom is 0.174 e. The van der Waals surface area contributed by atoms with E-state index in [0.29, 0.717) is 31.1 Å². The van der Waals surface area contributed by atoms with Gasteiger partial charge in [-0.25, -0.2) is 0 Å². The summed E-state index contributed by atoms with van der Waals surface area (Å²) in [7, 11) is 1.59. The third-order valence-corrected chi connectivity index (χ3v) is 2.54. The largest absolute Gasteiger partial charge is 0.497 e. The number of nitrogens with one attached hydrogen (secondary N) is 1. The van der Waals surface area contributed by atoms with Crippen molar-refractivity contribution in [1.82, 2.24) is 5.48 Å². The Kier molecular flexibility index (Phi) is 12.1. The van der Waals surface area contributed by atoms with Crippen LogP contribution in [0.25, 0.3) is 0 Å². The summed E-state index contributed by atoms with van der Waals surface area (Å²) in [5.74, 6) is 1.32. The molecule has 0 saturated carbocycles.